The molecule has 0 saturated heterocycles. The van der Waals surface area contributed by atoms with Crippen molar-refractivity contribution in [1.29, 1.82) is 0 Å². The Morgan fingerprint density at radius 2 is 1.68 bits per heavy atom. The second-order valence-electron chi connectivity index (χ2n) is 8.46. The number of amides is 2. The predicted molar refractivity (Wildman–Crippen MR) is 145 cm³/mol. The molecule has 194 valence electrons. The summed E-state index contributed by atoms with van der Waals surface area (Å²) >= 11 is 0. The van der Waals surface area contributed by atoms with E-state index in [9.17, 15) is 14.7 Å². The standard InChI is InChI=1S/C29H33N3O5/c1-21(11-5-10-18-27(34)32-25-16-8-7-15-24(25)30)28(23-14-6-9-17-26(23)36-20-19-33)37-29(35)31-22-12-3-2-4-13-22/h2-4,6-10,12-18,21,28,33H,5,11,19-20,30H2,1H3,(H,31,35)(H,32,34)/b18-10+/t21-,28+/m0/s1. The molecule has 0 saturated carbocycles. The fourth-order valence-corrected chi connectivity index (χ4v) is 3.76. The van der Waals surface area contributed by atoms with Crippen molar-refractivity contribution in [2.75, 3.05) is 29.6 Å². The van der Waals surface area contributed by atoms with Crippen molar-refractivity contribution in [3.8, 4) is 5.75 Å². The molecular formula is C29H33N3O5. The first-order chi connectivity index (χ1) is 18.0. The van der Waals surface area contributed by atoms with Crippen molar-refractivity contribution >= 4 is 29.1 Å². The van der Waals surface area contributed by atoms with E-state index in [2.05, 4.69) is 10.6 Å². The number of ether oxygens (including phenoxy) is 2. The molecule has 0 fully saturated rings. The van der Waals surface area contributed by atoms with Gasteiger partial charge in [-0.15, -0.1) is 0 Å². The largest absolute Gasteiger partial charge is 0.491 e. The molecule has 8 nitrogen and oxygen atoms in total. The number of carbonyl (C=O) groups excluding carboxylic acids is 2. The molecule has 3 aromatic rings. The number of benzene rings is 3. The van der Waals surface area contributed by atoms with Crippen LogP contribution in [-0.2, 0) is 9.53 Å². The topological polar surface area (TPSA) is 123 Å². The summed E-state index contributed by atoms with van der Waals surface area (Å²) in [6, 6.07) is 23.4. The van der Waals surface area contributed by atoms with Gasteiger partial charge in [0.25, 0.3) is 0 Å². The van der Waals surface area contributed by atoms with Gasteiger partial charge in [-0.1, -0.05) is 61.5 Å². The Labute approximate surface area is 217 Å². The molecule has 0 aliphatic heterocycles. The van der Waals surface area contributed by atoms with Gasteiger partial charge in [0.05, 0.1) is 18.0 Å². The van der Waals surface area contributed by atoms with Crippen LogP contribution >= 0.6 is 0 Å². The van der Waals surface area contributed by atoms with Gasteiger partial charge in [-0.2, -0.15) is 0 Å². The Kier molecular flexibility index (Phi) is 10.6. The summed E-state index contributed by atoms with van der Waals surface area (Å²) in [5.41, 5.74) is 8.25. The first-order valence-electron chi connectivity index (χ1n) is 12.1. The summed E-state index contributed by atoms with van der Waals surface area (Å²) in [7, 11) is 0. The highest BCUT2D eigenvalue weighted by Gasteiger charge is 2.26. The van der Waals surface area contributed by atoms with E-state index in [1.54, 1.807) is 48.5 Å². The normalized spacial score (nSPS) is 12.5. The lowest BCUT2D eigenvalue weighted by molar-refractivity contribution is -0.111. The molecule has 5 N–H and O–H groups in total. The van der Waals surface area contributed by atoms with Gasteiger partial charge in [-0.05, 0) is 55.2 Å². The highest BCUT2D eigenvalue weighted by atomic mass is 16.6. The van der Waals surface area contributed by atoms with E-state index in [4.69, 9.17) is 15.2 Å². The lowest BCUT2D eigenvalue weighted by Crippen LogP contribution is -2.22. The smallest absolute Gasteiger partial charge is 0.412 e. The first-order valence-corrected chi connectivity index (χ1v) is 12.1. The van der Waals surface area contributed by atoms with Crippen molar-refractivity contribution in [1.82, 2.24) is 0 Å². The second-order valence-corrected chi connectivity index (χ2v) is 8.46. The van der Waals surface area contributed by atoms with Crippen LogP contribution < -0.4 is 21.1 Å². The molecule has 8 heteroatoms. The summed E-state index contributed by atoms with van der Waals surface area (Å²) in [6.07, 6.45) is 3.25. The van der Waals surface area contributed by atoms with Gasteiger partial charge in [-0.25, -0.2) is 4.79 Å². The Hall–Kier alpha value is -4.30. The number of nitrogen functional groups attached to an aromatic ring is 1. The number of hydrogen-bond acceptors (Lipinski definition) is 6. The van der Waals surface area contributed by atoms with Gasteiger partial charge in [-0.3, -0.25) is 10.1 Å². The third-order valence-corrected chi connectivity index (χ3v) is 5.62. The minimum absolute atomic E-state index is 0.113. The number of anilines is 3. The summed E-state index contributed by atoms with van der Waals surface area (Å²) in [4.78, 5) is 25.0. The van der Waals surface area contributed by atoms with E-state index < -0.39 is 12.2 Å². The molecule has 0 aliphatic carbocycles. The van der Waals surface area contributed by atoms with E-state index >= 15 is 0 Å². The van der Waals surface area contributed by atoms with Crippen molar-refractivity contribution in [2.24, 2.45) is 5.92 Å². The van der Waals surface area contributed by atoms with Crippen LogP contribution in [0.2, 0.25) is 0 Å². The number of aliphatic hydroxyl groups is 1. The van der Waals surface area contributed by atoms with Gasteiger partial charge in [0.15, 0.2) is 0 Å². The fraction of sp³-hybridized carbons (Fsp3) is 0.241. The Balaban J connectivity index is 1.67. The molecule has 0 heterocycles. The number of rotatable bonds is 12. The molecule has 2 atom stereocenters. The van der Waals surface area contributed by atoms with Crippen LogP contribution in [0.5, 0.6) is 5.75 Å². The predicted octanol–water partition coefficient (Wildman–Crippen LogP) is 5.54. The van der Waals surface area contributed by atoms with Crippen LogP contribution in [0.3, 0.4) is 0 Å². The number of nitrogens with one attached hydrogen (secondary N) is 2. The highest BCUT2D eigenvalue weighted by Crippen LogP contribution is 2.35. The Bertz CT molecular complexity index is 1180. The van der Waals surface area contributed by atoms with Gasteiger partial charge >= 0.3 is 6.09 Å². The van der Waals surface area contributed by atoms with Crippen LogP contribution in [0, 0.1) is 5.92 Å². The average molecular weight is 504 g/mol. The second kappa shape index (κ2) is 14.3. The zero-order chi connectivity index (χ0) is 26.5. The molecule has 0 spiro atoms. The van der Waals surface area contributed by atoms with Gasteiger partial charge < -0.3 is 25.6 Å². The lowest BCUT2D eigenvalue weighted by atomic mass is 9.92. The minimum atomic E-state index is -0.620. The van der Waals surface area contributed by atoms with Crippen molar-refractivity contribution in [2.45, 2.75) is 25.9 Å². The Morgan fingerprint density at radius 1 is 0.973 bits per heavy atom. The third kappa shape index (κ3) is 8.70. The van der Waals surface area contributed by atoms with E-state index in [0.717, 1.165) is 0 Å². The number of allylic oxidation sites excluding steroid dienone is 1. The highest BCUT2D eigenvalue weighted by molar-refractivity contribution is 6.01. The van der Waals surface area contributed by atoms with Crippen molar-refractivity contribution in [3.05, 3.63) is 96.6 Å². The average Bonchev–Trinajstić information content (AvgIpc) is 2.90. The van der Waals surface area contributed by atoms with E-state index in [0.29, 0.717) is 41.2 Å². The maximum atomic E-state index is 12.8. The molecule has 0 aromatic heterocycles. The molecule has 2 amide bonds. The maximum absolute atomic E-state index is 12.8. The lowest BCUT2D eigenvalue weighted by Gasteiger charge is -2.26. The fourth-order valence-electron chi connectivity index (χ4n) is 3.76. The zero-order valence-electron chi connectivity index (χ0n) is 20.8. The number of carbonyl (C=O) groups is 2. The van der Waals surface area contributed by atoms with Crippen molar-refractivity contribution < 1.29 is 24.2 Å². The van der Waals surface area contributed by atoms with Crippen LogP contribution in [0.15, 0.2) is 91.0 Å². The Morgan fingerprint density at radius 3 is 2.43 bits per heavy atom. The SMILES string of the molecule is C[C@@H](CC/C=C/C(=O)Nc1ccccc1N)[C@@H](OC(=O)Nc1ccccc1)c1ccccc1OCCO. The number of hydrogen-bond donors (Lipinski definition) is 4. The van der Waals surface area contributed by atoms with Gasteiger partial charge in [0, 0.05) is 11.3 Å². The van der Waals surface area contributed by atoms with E-state index in [-0.39, 0.29) is 25.0 Å². The molecular weight excluding hydrogens is 470 g/mol. The summed E-state index contributed by atoms with van der Waals surface area (Å²) in [5.74, 6) is 0.150. The molecule has 3 rings (SSSR count). The molecule has 0 bridgehead atoms. The number of nitrogens with two attached hydrogens (primary N) is 1. The zero-order valence-corrected chi connectivity index (χ0v) is 20.8. The van der Waals surface area contributed by atoms with Gasteiger partial charge in [0.2, 0.25) is 5.91 Å². The van der Waals surface area contributed by atoms with Crippen LogP contribution in [0.25, 0.3) is 0 Å². The first kappa shape index (κ1) is 27.3. The molecule has 37 heavy (non-hydrogen) atoms. The number of para-hydroxylation sites is 4. The molecule has 0 aliphatic rings. The quantitative estimate of drug-likeness (QED) is 0.190. The van der Waals surface area contributed by atoms with Crippen molar-refractivity contribution in [3.63, 3.8) is 0 Å². The molecule has 3 aromatic carbocycles. The minimum Gasteiger partial charge on any atom is -0.491 e. The maximum Gasteiger partial charge on any atom is 0.412 e. The van der Waals surface area contributed by atoms with Crippen LogP contribution in [-0.4, -0.2) is 30.3 Å². The third-order valence-electron chi connectivity index (χ3n) is 5.62. The molecule has 0 radical (unpaired) electrons. The van der Waals surface area contributed by atoms with E-state index in [1.165, 1.54) is 6.08 Å². The van der Waals surface area contributed by atoms with Gasteiger partial charge in [0.1, 0.15) is 18.5 Å². The monoisotopic (exact) mass is 503 g/mol. The van der Waals surface area contributed by atoms with E-state index in [1.807, 2.05) is 43.3 Å². The summed E-state index contributed by atoms with van der Waals surface area (Å²) < 4.78 is 11.6. The summed E-state index contributed by atoms with van der Waals surface area (Å²) in [6.45, 7) is 1.96. The summed E-state index contributed by atoms with van der Waals surface area (Å²) in [5, 5.41) is 14.7. The number of aliphatic hydroxyl groups excluding tert-OH is 1. The van der Waals surface area contributed by atoms with Crippen LogP contribution in [0.4, 0.5) is 21.9 Å². The molecule has 0 unspecified atom stereocenters. The van der Waals surface area contributed by atoms with Crippen LogP contribution in [0.1, 0.15) is 31.4 Å².